The molecule has 2 aliphatic rings. The lowest BCUT2D eigenvalue weighted by Crippen LogP contribution is -2.61. The van der Waals surface area contributed by atoms with Gasteiger partial charge in [0.25, 0.3) is 0 Å². The van der Waals surface area contributed by atoms with E-state index in [1.165, 1.54) is 0 Å². The maximum atomic E-state index is 12.5. The molecule has 7 nitrogen and oxygen atoms in total. The van der Waals surface area contributed by atoms with E-state index >= 15 is 0 Å². The van der Waals surface area contributed by atoms with Crippen molar-refractivity contribution in [1.29, 1.82) is 0 Å². The Balaban J connectivity index is 1.85. The van der Waals surface area contributed by atoms with E-state index < -0.39 is 12.0 Å². The van der Waals surface area contributed by atoms with Gasteiger partial charge < -0.3 is 20.2 Å². The zero-order valence-electron chi connectivity index (χ0n) is 14.8. The molecule has 1 unspecified atom stereocenters. The Morgan fingerprint density at radius 2 is 1.83 bits per heavy atom. The molecule has 1 saturated heterocycles. The number of nitrogens with one attached hydrogen (secondary N) is 1. The van der Waals surface area contributed by atoms with Crippen LogP contribution in [0.25, 0.3) is 0 Å². The lowest BCUT2D eigenvalue weighted by molar-refractivity contribution is -0.143. The normalized spacial score (nSPS) is 28.2. The Labute approximate surface area is 143 Å². The molecule has 1 aliphatic heterocycles. The third-order valence-electron chi connectivity index (χ3n) is 5.00. The first kappa shape index (κ1) is 18.5. The maximum absolute atomic E-state index is 12.5. The molecule has 2 rings (SSSR count). The van der Waals surface area contributed by atoms with Gasteiger partial charge in [-0.2, -0.15) is 0 Å². The predicted octanol–water partition coefficient (Wildman–Crippen LogP) is 1.53. The van der Waals surface area contributed by atoms with Gasteiger partial charge in [0.05, 0.1) is 5.92 Å². The quantitative estimate of drug-likeness (QED) is 0.813. The van der Waals surface area contributed by atoms with Crippen molar-refractivity contribution in [2.75, 3.05) is 19.6 Å². The minimum absolute atomic E-state index is 0.000291. The topological polar surface area (TPSA) is 89.9 Å². The van der Waals surface area contributed by atoms with Crippen molar-refractivity contribution in [2.24, 2.45) is 11.8 Å². The second-order valence-corrected chi connectivity index (χ2v) is 7.38. The highest BCUT2D eigenvalue weighted by atomic mass is 16.4. The van der Waals surface area contributed by atoms with Crippen LogP contribution in [0.5, 0.6) is 0 Å². The predicted molar refractivity (Wildman–Crippen MR) is 89.5 cm³/mol. The highest BCUT2D eigenvalue weighted by molar-refractivity contribution is 5.88. The highest BCUT2D eigenvalue weighted by Crippen LogP contribution is 2.25. The zero-order chi connectivity index (χ0) is 17.9. The van der Waals surface area contributed by atoms with Crippen molar-refractivity contribution >= 4 is 17.9 Å². The van der Waals surface area contributed by atoms with E-state index in [0.29, 0.717) is 44.7 Å². The number of nitrogens with zero attached hydrogens (tertiary/aromatic N) is 2. The average molecular weight is 339 g/mol. The first-order valence-corrected chi connectivity index (χ1v) is 8.88. The van der Waals surface area contributed by atoms with E-state index in [4.69, 9.17) is 5.11 Å². The fraction of sp³-hybridized carbons (Fsp3) is 0.824. The molecule has 2 fully saturated rings. The molecule has 0 spiro atoms. The van der Waals surface area contributed by atoms with Gasteiger partial charge in [0, 0.05) is 25.7 Å². The Bertz CT molecular complexity index is 486. The molecule has 24 heavy (non-hydrogen) atoms. The molecule has 136 valence electrons. The van der Waals surface area contributed by atoms with Gasteiger partial charge >= 0.3 is 12.0 Å². The number of rotatable bonds is 4. The van der Waals surface area contributed by atoms with Gasteiger partial charge in [-0.25, -0.2) is 4.79 Å². The second-order valence-electron chi connectivity index (χ2n) is 7.38. The van der Waals surface area contributed by atoms with Crippen LogP contribution in [0.2, 0.25) is 0 Å². The summed E-state index contributed by atoms with van der Waals surface area (Å²) in [6.45, 7) is 7.75. The summed E-state index contributed by atoms with van der Waals surface area (Å²) in [5.41, 5.74) is 0. The Hall–Kier alpha value is -1.79. The molecule has 1 heterocycles. The van der Waals surface area contributed by atoms with Crippen LogP contribution in [0, 0.1) is 11.8 Å². The number of carboxylic acid groups (broad SMARTS) is 1. The van der Waals surface area contributed by atoms with E-state index in [2.05, 4.69) is 19.2 Å². The first-order chi connectivity index (χ1) is 11.3. The van der Waals surface area contributed by atoms with E-state index in [0.717, 1.165) is 6.54 Å². The van der Waals surface area contributed by atoms with Crippen molar-refractivity contribution in [1.82, 2.24) is 15.1 Å². The number of carbonyl (C=O) groups is 3. The van der Waals surface area contributed by atoms with Crippen molar-refractivity contribution in [3.8, 4) is 0 Å². The molecule has 3 amide bonds. The van der Waals surface area contributed by atoms with Crippen LogP contribution >= 0.6 is 0 Å². The van der Waals surface area contributed by atoms with Crippen LogP contribution in [-0.4, -0.2) is 64.5 Å². The van der Waals surface area contributed by atoms with Crippen LogP contribution in [0.15, 0.2) is 0 Å². The summed E-state index contributed by atoms with van der Waals surface area (Å²) in [6.07, 6.45) is 2.55. The second kappa shape index (κ2) is 7.85. The SMILES string of the molecule is CC(C)CN1CCN(C(=O)NC2CCC(C(=O)O)CC2)C(C)C1=O. The minimum Gasteiger partial charge on any atom is -0.481 e. The summed E-state index contributed by atoms with van der Waals surface area (Å²) in [5.74, 6) is -0.635. The van der Waals surface area contributed by atoms with Crippen LogP contribution < -0.4 is 5.32 Å². The van der Waals surface area contributed by atoms with Crippen molar-refractivity contribution in [3.63, 3.8) is 0 Å². The number of carboxylic acids is 1. The molecular formula is C17H29N3O4. The summed E-state index contributed by atoms with van der Waals surface area (Å²) < 4.78 is 0. The third kappa shape index (κ3) is 4.39. The lowest BCUT2D eigenvalue weighted by Gasteiger charge is -2.40. The lowest BCUT2D eigenvalue weighted by atomic mass is 9.86. The largest absolute Gasteiger partial charge is 0.481 e. The number of aliphatic carboxylic acids is 1. The number of urea groups is 1. The van der Waals surface area contributed by atoms with Gasteiger partial charge in [0.15, 0.2) is 0 Å². The maximum Gasteiger partial charge on any atom is 0.318 e. The van der Waals surface area contributed by atoms with Gasteiger partial charge in [-0.15, -0.1) is 0 Å². The van der Waals surface area contributed by atoms with Crippen LogP contribution in [0.3, 0.4) is 0 Å². The van der Waals surface area contributed by atoms with Crippen molar-refractivity contribution in [2.45, 2.75) is 58.5 Å². The molecule has 7 heteroatoms. The van der Waals surface area contributed by atoms with E-state index in [1.54, 1.807) is 11.8 Å². The van der Waals surface area contributed by atoms with Crippen LogP contribution in [-0.2, 0) is 9.59 Å². The Morgan fingerprint density at radius 1 is 1.21 bits per heavy atom. The number of carbonyl (C=O) groups excluding carboxylic acids is 2. The zero-order valence-corrected chi connectivity index (χ0v) is 14.8. The molecule has 1 saturated carbocycles. The smallest absolute Gasteiger partial charge is 0.318 e. The van der Waals surface area contributed by atoms with Gasteiger partial charge in [-0.05, 0) is 38.5 Å². The van der Waals surface area contributed by atoms with Crippen molar-refractivity contribution in [3.05, 3.63) is 0 Å². The standard InChI is InChI=1S/C17H29N3O4/c1-11(2)10-19-8-9-20(12(3)15(19)21)17(24)18-14-6-4-13(5-7-14)16(22)23/h11-14H,4-10H2,1-3H3,(H,18,24)(H,22,23). The summed E-state index contributed by atoms with van der Waals surface area (Å²) >= 11 is 0. The van der Waals surface area contributed by atoms with Gasteiger partial charge in [-0.3, -0.25) is 9.59 Å². The molecule has 1 aliphatic carbocycles. The van der Waals surface area contributed by atoms with E-state index in [-0.39, 0.29) is 23.9 Å². The number of hydrogen-bond acceptors (Lipinski definition) is 3. The molecule has 0 aromatic carbocycles. The average Bonchev–Trinajstić information content (AvgIpc) is 2.52. The molecule has 0 bridgehead atoms. The molecular weight excluding hydrogens is 310 g/mol. The van der Waals surface area contributed by atoms with Gasteiger partial charge in [0.1, 0.15) is 6.04 Å². The Kier molecular flexibility index (Phi) is 6.07. The summed E-state index contributed by atoms with van der Waals surface area (Å²) in [4.78, 5) is 39.3. The summed E-state index contributed by atoms with van der Waals surface area (Å²) in [5, 5.41) is 12.0. The summed E-state index contributed by atoms with van der Waals surface area (Å²) in [7, 11) is 0. The number of piperazine rings is 1. The Morgan fingerprint density at radius 3 is 2.38 bits per heavy atom. The highest BCUT2D eigenvalue weighted by Gasteiger charge is 2.35. The monoisotopic (exact) mass is 339 g/mol. The van der Waals surface area contributed by atoms with Gasteiger partial charge in [-0.1, -0.05) is 13.8 Å². The fourth-order valence-corrected chi connectivity index (χ4v) is 3.57. The van der Waals surface area contributed by atoms with Crippen molar-refractivity contribution < 1.29 is 19.5 Å². The van der Waals surface area contributed by atoms with E-state index in [1.807, 2.05) is 4.90 Å². The molecule has 0 radical (unpaired) electrons. The molecule has 0 aromatic heterocycles. The number of amides is 3. The molecule has 1 atom stereocenters. The van der Waals surface area contributed by atoms with E-state index in [9.17, 15) is 14.4 Å². The molecule has 2 N–H and O–H groups in total. The third-order valence-corrected chi connectivity index (χ3v) is 5.00. The van der Waals surface area contributed by atoms with Gasteiger partial charge in [0.2, 0.25) is 5.91 Å². The molecule has 0 aromatic rings. The fourth-order valence-electron chi connectivity index (χ4n) is 3.57. The summed E-state index contributed by atoms with van der Waals surface area (Å²) in [6, 6.07) is -0.657. The first-order valence-electron chi connectivity index (χ1n) is 8.88. The van der Waals surface area contributed by atoms with Crippen LogP contribution in [0.1, 0.15) is 46.5 Å². The number of hydrogen-bond donors (Lipinski definition) is 2. The van der Waals surface area contributed by atoms with Crippen LogP contribution in [0.4, 0.5) is 4.79 Å². The minimum atomic E-state index is -0.750.